The summed E-state index contributed by atoms with van der Waals surface area (Å²) in [6.07, 6.45) is 0. The van der Waals surface area contributed by atoms with Gasteiger partial charge in [0.2, 0.25) is 0 Å². The van der Waals surface area contributed by atoms with Crippen LogP contribution in [0.5, 0.6) is 0 Å². The summed E-state index contributed by atoms with van der Waals surface area (Å²) in [7, 11) is 2.72. The molecular weight excluding hydrogens is 212 g/mol. The Bertz CT molecular complexity index is 431. The van der Waals surface area contributed by atoms with Gasteiger partial charge in [0.05, 0.1) is 12.0 Å². The molecule has 1 aromatic carbocycles. The van der Waals surface area contributed by atoms with E-state index in [0.29, 0.717) is 5.56 Å². The summed E-state index contributed by atoms with van der Waals surface area (Å²) < 4.78 is 0. The highest BCUT2D eigenvalue weighted by Crippen LogP contribution is 2.23. The van der Waals surface area contributed by atoms with Crippen molar-refractivity contribution in [2.45, 2.75) is 6.92 Å². The largest absolute Gasteiger partial charge is 0.285 e. The minimum absolute atomic E-state index is 0.0225. The smallest absolute Gasteiger partial charge is 0.274 e. The maximum absolute atomic E-state index is 11.7. The van der Waals surface area contributed by atoms with Crippen LogP contribution in [0.15, 0.2) is 18.2 Å². The van der Waals surface area contributed by atoms with Crippen molar-refractivity contribution >= 4 is 11.6 Å². The van der Waals surface area contributed by atoms with Crippen molar-refractivity contribution in [3.63, 3.8) is 0 Å². The molecule has 0 aliphatic carbocycles. The van der Waals surface area contributed by atoms with Gasteiger partial charge in [0.25, 0.3) is 11.6 Å². The number of amides is 1. The van der Waals surface area contributed by atoms with E-state index in [0.717, 1.165) is 5.06 Å². The number of para-hydroxylation sites is 1. The lowest BCUT2D eigenvalue weighted by Gasteiger charge is -2.13. The molecule has 1 rings (SSSR count). The monoisotopic (exact) mass is 224 g/mol. The lowest BCUT2D eigenvalue weighted by molar-refractivity contribution is -0.385. The van der Waals surface area contributed by atoms with Crippen molar-refractivity contribution in [2.75, 3.05) is 14.2 Å². The van der Waals surface area contributed by atoms with Crippen LogP contribution in [0.25, 0.3) is 0 Å². The van der Waals surface area contributed by atoms with E-state index in [9.17, 15) is 14.9 Å². The van der Waals surface area contributed by atoms with Crippen LogP contribution in [-0.4, -0.2) is 30.1 Å². The second-order valence-electron chi connectivity index (χ2n) is 3.21. The third-order valence-electron chi connectivity index (χ3n) is 2.21. The first-order valence-electron chi connectivity index (χ1n) is 4.55. The Hall–Kier alpha value is -1.95. The van der Waals surface area contributed by atoms with Gasteiger partial charge in [0, 0.05) is 12.6 Å². The summed E-state index contributed by atoms with van der Waals surface area (Å²) in [4.78, 5) is 26.7. The number of nitro groups is 1. The van der Waals surface area contributed by atoms with Gasteiger partial charge in [-0.25, -0.2) is 5.06 Å². The summed E-state index contributed by atoms with van der Waals surface area (Å²) in [6.45, 7) is 1.59. The van der Waals surface area contributed by atoms with Crippen LogP contribution in [0, 0.1) is 17.0 Å². The minimum Gasteiger partial charge on any atom is -0.274 e. The number of aryl methyl sites for hydroxylation is 1. The van der Waals surface area contributed by atoms with Gasteiger partial charge in [-0.2, -0.15) is 0 Å². The second kappa shape index (κ2) is 4.71. The molecule has 6 nitrogen and oxygen atoms in total. The molecule has 6 heteroatoms. The SMILES string of the molecule is CON(C)C(=O)c1cccc(C)c1[N+](=O)[O-]. The maximum Gasteiger partial charge on any atom is 0.285 e. The summed E-state index contributed by atoms with van der Waals surface area (Å²) in [6, 6.07) is 4.59. The van der Waals surface area contributed by atoms with Gasteiger partial charge in [-0.1, -0.05) is 12.1 Å². The fourth-order valence-electron chi connectivity index (χ4n) is 1.33. The first kappa shape index (κ1) is 12.1. The third kappa shape index (κ3) is 2.17. The Morgan fingerprint density at radius 3 is 2.62 bits per heavy atom. The number of hydroxylamine groups is 2. The molecule has 0 heterocycles. The zero-order valence-corrected chi connectivity index (χ0v) is 9.26. The molecule has 16 heavy (non-hydrogen) atoms. The van der Waals surface area contributed by atoms with Crippen LogP contribution < -0.4 is 0 Å². The summed E-state index contributed by atoms with van der Waals surface area (Å²) >= 11 is 0. The zero-order chi connectivity index (χ0) is 12.3. The number of nitrogens with zero attached hydrogens (tertiary/aromatic N) is 2. The Morgan fingerprint density at radius 2 is 2.12 bits per heavy atom. The van der Waals surface area contributed by atoms with E-state index in [2.05, 4.69) is 0 Å². The number of hydrogen-bond acceptors (Lipinski definition) is 4. The Kier molecular flexibility index (Phi) is 3.57. The van der Waals surface area contributed by atoms with Crippen molar-refractivity contribution < 1.29 is 14.6 Å². The lowest BCUT2D eigenvalue weighted by atomic mass is 10.1. The molecule has 86 valence electrons. The summed E-state index contributed by atoms with van der Waals surface area (Å²) in [5, 5.41) is 11.8. The van der Waals surface area contributed by atoms with Gasteiger partial charge in [-0.15, -0.1) is 0 Å². The van der Waals surface area contributed by atoms with Gasteiger partial charge in [-0.3, -0.25) is 19.7 Å². The van der Waals surface area contributed by atoms with Crippen LogP contribution >= 0.6 is 0 Å². The molecule has 0 aliphatic rings. The van der Waals surface area contributed by atoms with Crippen LogP contribution in [0.4, 0.5) is 5.69 Å². The third-order valence-corrected chi connectivity index (χ3v) is 2.21. The van der Waals surface area contributed by atoms with Gasteiger partial charge in [0.15, 0.2) is 0 Å². The van der Waals surface area contributed by atoms with E-state index >= 15 is 0 Å². The number of carbonyl (C=O) groups is 1. The highest BCUT2D eigenvalue weighted by Gasteiger charge is 2.24. The molecule has 1 amide bonds. The Balaban J connectivity index is 3.28. The van der Waals surface area contributed by atoms with Crippen molar-refractivity contribution in [2.24, 2.45) is 0 Å². The molecule has 0 aromatic heterocycles. The Labute approximate surface area is 92.5 Å². The first-order valence-corrected chi connectivity index (χ1v) is 4.55. The van der Waals surface area contributed by atoms with Crippen molar-refractivity contribution in [1.82, 2.24) is 5.06 Å². The molecule has 0 bridgehead atoms. The standard InChI is InChI=1S/C10H12N2O4/c1-7-5-4-6-8(9(7)12(14)15)10(13)11(2)16-3/h4-6H,1-3H3. The van der Waals surface area contributed by atoms with Gasteiger partial charge < -0.3 is 0 Å². The van der Waals surface area contributed by atoms with E-state index in [1.54, 1.807) is 19.1 Å². The van der Waals surface area contributed by atoms with Crippen LogP contribution in [0.1, 0.15) is 15.9 Å². The predicted molar refractivity (Wildman–Crippen MR) is 56.9 cm³/mol. The zero-order valence-electron chi connectivity index (χ0n) is 9.26. The molecule has 0 fully saturated rings. The number of benzene rings is 1. The van der Waals surface area contributed by atoms with Crippen molar-refractivity contribution in [3.8, 4) is 0 Å². The molecule has 0 unspecified atom stereocenters. The van der Waals surface area contributed by atoms with Crippen LogP contribution in [0.3, 0.4) is 0 Å². The number of nitro benzene ring substituents is 1. The number of hydrogen-bond donors (Lipinski definition) is 0. The highest BCUT2D eigenvalue weighted by molar-refractivity contribution is 5.97. The molecule has 1 aromatic rings. The Morgan fingerprint density at radius 1 is 1.50 bits per heavy atom. The topological polar surface area (TPSA) is 72.7 Å². The fraction of sp³-hybridized carbons (Fsp3) is 0.300. The van der Waals surface area contributed by atoms with Crippen molar-refractivity contribution in [3.05, 3.63) is 39.4 Å². The normalized spacial score (nSPS) is 9.94. The predicted octanol–water partition coefficient (Wildman–Crippen LogP) is 1.54. The van der Waals surface area contributed by atoms with Gasteiger partial charge in [0.1, 0.15) is 5.56 Å². The summed E-state index contributed by atoms with van der Waals surface area (Å²) in [5.74, 6) is -0.544. The molecule has 0 saturated heterocycles. The second-order valence-corrected chi connectivity index (χ2v) is 3.21. The fourth-order valence-corrected chi connectivity index (χ4v) is 1.33. The van der Waals surface area contributed by atoms with E-state index in [1.807, 2.05) is 0 Å². The molecule has 0 saturated carbocycles. The number of rotatable bonds is 3. The van der Waals surface area contributed by atoms with E-state index in [-0.39, 0.29) is 11.3 Å². The van der Waals surface area contributed by atoms with E-state index in [4.69, 9.17) is 4.84 Å². The molecule has 0 aliphatic heterocycles. The molecule has 0 spiro atoms. The lowest BCUT2D eigenvalue weighted by Crippen LogP contribution is -2.26. The quantitative estimate of drug-likeness (QED) is 0.576. The molecule has 0 atom stereocenters. The average Bonchev–Trinajstić information content (AvgIpc) is 2.26. The average molecular weight is 224 g/mol. The first-order chi connectivity index (χ1) is 7.49. The van der Waals surface area contributed by atoms with Crippen LogP contribution in [0.2, 0.25) is 0 Å². The number of carbonyl (C=O) groups excluding carboxylic acids is 1. The van der Waals surface area contributed by atoms with Gasteiger partial charge >= 0.3 is 0 Å². The summed E-state index contributed by atoms with van der Waals surface area (Å²) in [5.41, 5.74) is 0.283. The minimum atomic E-state index is -0.563. The molecular formula is C10H12N2O4. The van der Waals surface area contributed by atoms with E-state index in [1.165, 1.54) is 20.2 Å². The van der Waals surface area contributed by atoms with Crippen LogP contribution in [-0.2, 0) is 4.84 Å². The highest BCUT2D eigenvalue weighted by atomic mass is 16.7. The maximum atomic E-state index is 11.7. The van der Waals surface area contributed by atoms with Gasteiger partial charge in [-0.05, 0) is 13.0 Å². The molecule has 0 N–H and O–H groups in total. The molecule has 0 radical (unpaired) electrons. The van der Waals surface area contributed by atoms with Crippen molar-refractivity contribution in [1.29, 1.82) is 0 Å². The van der Waals surface area contributed by atoms with E-state index < -0.39 is 10.8 Å².